The summed E-state index contributed by atoms with van der Waals surface area (Å²) >= 11 is 13.4. The number of halogens is 2. The van der Waals surface area contributed by atoms with Gasteiger partial charge in [-0.3, -0.25) is 9.48 Å². The van der Waals surface area contributed by atoms with Crippen LogP contribution in [0.15, 0.2) is 42.5 Å². The predicted octanol–water partition coefficient (Wildman–Crippen LogP) is 8.71. The molecule has 6 aromatic rings. The molecule has 1 aliphatic rings. The highest BCUT2D eigenvalue weighted by Crippen LogP contribution is 2.46. The Morgan fingerprint density at radius 2 is 1.71 bits per heavy atom. The molecule has 3 aromatic carbocycles. The van der Waals surface area contributed by atoms with Crippen molar-refractivity contribution in [2.45, 2.75) is 53.5 Å². The van der Waals surface area contributed by atoms with Gasteiger partial charge in [-0.1, -0.05) is 29.3 Å². The summed E-state index contributed by atoms with van der Waals surface area (Å²) in [5.41, 5.74) is 8.70. The summed E-state index contributed by atoms with van der Waals surface area (Å²) in [6.07, 6.45) is 1.15. The van der Waals surface area contributed by atoms with Crippen LogP contribution in [0.25, 0.3) is 32.9 Å². The molecule has 10 nitrogen and oxygen atoms in total. The van der Waals surface area contributed by atoms with Gasteiger partial charge in [0.15, 0.2) is 0 Å². The first kappa shape index (κ1) is 34.5. The number of hydrogen-bond acceptors (Lipinski definition) is 5. The smallest absolute Gasteiger partial charge is 0.352 e. The lowest BCUT2D eigenvalue weighted by molar-refractivity contribution is 0.0686. The highest BCUT2D eigenvalue weighted by Gasteiger charge is 2.37. The van der Waals surface area contributed by atoms with Gasteiger partial charge < -0.3 is 29.0 Å². The van der Waals surface area contributed by atoms with Crippen LogP contribution >= 0.6 is 23.2 Å². The molecular formula is C39H39Cl2N5O5. The minimum absolute atomic E-state index is 0.0525. The normalized spacial score (nSPS) is 14.6. The third-order valence-electron chi connectivity index (χ3n) is 10.2. The number of carboxylic acids is 1. The first-order chi connectivity index (χ1) is 24.2. The quantitative estimate of drug-likeness (QED) is 0.152. The van der Waals surface area contributed by atoms with Crippen molar-refractivity contribution < 1.29 is 24.5 Å². The molecule has 264 valence electrons. The van der Waals surface area contributed by atoms with Gasteiger partial charge in [0, 0.05) is 71.4 Å². The molecule has 1 atom stereocenters. The zero-order valence-electron chi connectivity index (χ0n) is 29.6. The third-order valence-corrected chi connectivity index (χ3v) is 11.1. The van der Waals surface area contributed by atoms with Gasteiger partial charge in [-0.25, -0.2) is 4.79 Å². The summed E-state index contributed by atoms with van der Waals surface area (Å²) < 4.78 is 11.6. The second-order valence-electron chi connectivity index (χ2n) is 13.6. The number of aryl methyl sites for hydroxylation is 6. The number of benzene rings is 3. The topological polar surface area (TPSA) is 115 Å². The van der Waals surface area contributed by atoms with E-state index in [2.05, 4.69) is 16.6 Å². The maximum atomic E-state index is 15.0. The molecule has 0 fully saturated rings. The van der Waals surface area contributed by atoms with Crippen LogP contribution in [0.4, 0.5) is 5.69 Å². The molecule has 2 N–H and O–H groups in total. The summed E-state index contributed by atoms with van der Waals surface area (Å²) in [7, 11) is 3.54. The Kier molecular flexibility index (Phi) is 8.58. The SMILES string of the molecule is Cc1cc(OCCCc2c3n(c4c(-c5c(C)nn(C)c5C)c(Cl)ccc24)C(C)CN(c2cc(O)cc4c2cc(C(=O)O)n4C)C3=O)cc(C)c1Cl. The lowest BCUT2D eigenvalue weighted by atomic mass is 9.98. The van der Waals surface area contributed by atoms with Gasteiger partial charge in [0.05, 0.1) is 34.0 Å². The van der Waals surface area contributed by atoms with Crippen molar-refractivity contribution in [1.29, 1.82) is 0 Å². The van der Waals surface area contributed by atoms with E-state index in [1.807, 2.05) is 63.7 Å². The van der Waals surface area contributed by atoms with E-state index < -0.39 is 5.97 Å². The summed E-state index contributed by atoms with van der Waals surface area (Å²) in [4.78, 5) is 28.7. The highest BCUT2D eigenvalue weighted by atomic mass is 35.5. The Morgan fingerprint density at radius 1 is 1.00 bits per heavy atom. The van der Waals surface area contributed by atoms with Gasteiger partial charge in [0.25, 0.3) is 5.91 Å². The number of ether oxygens (including phenoxy) is 1. The second kappa shape index (κ2) is 12.7. The van der Waals surface area contributed by atoms with E-state index in [4.69, 9.17) is 27.9 Å². The molecule has 0 spiro atoms. The van der Waals surface area contributed by atoms with E-state index in [9.17, 15) is 19.8 Å². The number of aromatic nitrogens is 4. The Labute approximate surface area is 305 Å². The maximum Gasteiger partial charge on any atom is 0.352 e. The largest absolute Gasteiger partial charge is 0.508 e. The highest BCUT2D eigenvalue weighted by molar-refractivity contribution is 6.35. The lowest BCUT2D eigenvalue weighted by Gasteiger charge is -2.34. The van der Waals surface area contributed by atoms with Crippen LogP contribution in [0.5, 0.6) is 11.5 Å². The van der Waals surface area contributed by atoms with E-state index in [1.165, 1.54) is 16.7 Å². The minimum Gasteiger partial charge on any atom is -0.508 e. The lowest BCUT2D eigenvalue weighted by Crippen LogP contribution is -2.42. The number of phenolic OH excluding ortho intramolecular Hbond substituents is 1. The molecule has 1 unspecified atom stereocenters. The van der Waals surface area contributed by atoms with E-state index in [1.54, 1.807) is 18.0 Å². The van der Waals surface area contributed by atoms with Crippen molar-refractivity contribution in [1.82, 2.24) is 18.9 Å². The fourth-order valence-electron chi connectivity index (χ4n) is 7.76. The van der Waals surface area contributed by atoms with Crippen molar-refractivity contribution in [3.63, 3.8) is 0 Å². The standard InChI is InChI=1S/C39H39Cl2N5O5/c1-19-13-25(14-20(2)35(19)41)51-12-8-9-26-27-10-11-29(40)34(33-22(4)42-44(7)23(33)5)36(27)46-21(3)18-45(38(48)37(26)46)31-16-24(47)15-30-28(31)17-32(39(49)50)43(30)6/h10-11,13-17,21,47H,8-9,12,18H2,1-7H3,(H,49,50). The van der Waals surface area contributed by atoms with E-state index in [0.29, 0.717) is 46.8 Å². The number of amides is 1. The average Bonchev–Trinajstić information content (AvgIpc) is 3.67. The molecule has 0 bridgehead atoms. The Bertz CT molecular complexity index is 2420. The Morgan fingerprint density at radius 3 is 2.35 bits per heavy atom. The molecule has 0 saturated heterocycles. The molecule has 51 heavy (non-hydrogen) atoms. The van der Waals surface area contributed by atoms with Gasteiger partial charge in [0.1, 0.15) is 22.9 Å². The number of anilines is 1. The van der Waals surface area contributed by atoms with Gasteiger partial charge >= 0.3 is 5.97 Å². The monoisotopic (exact) mass is 727 g/mol. The van der Waals surface area contributed by atoms with E-state index in [-0.39, 0.29) is 29.9 Å². The Balaban J connectivity index is 1.39. The second-order valence-corrected chi connectivity index (χ2v) is 14.3. The van der Waals surface area contributed by atoms with Crippen LogP contribution in [0.3, 0.4) is 0 Å². The van der Waals surface area contributed by atoms with Gasteiger partial charge in [-0.15, -0.1) is 0 Å². The molecule has 12 heteroatoms. The number of carbonyl (C=O) groups excluding carboxylic acids is 1. The van der Waals surface area contributed by atoms with Crippen LogP contribution < -0.4 is 9.64 Å². The average molecular weight is 729 g/mol. The molecule has 1 aliphatic heterocycles. The fraction of sp³-hybridized carbons (Fsp3) is 0.308. The van der Waals surface area contributed by atoms with Gasteiger partial charge in [0.2, 0.25) is 0 Å². The maximum absolute atomic E-state index is 15.0. The summed E-state index contributed by atoms with van der Waals surface area (Å²) in [5.74, 6) is -0.680. The zero-order chi connectivity index (χ0) is 36.6. The number of carboxylic acid groups (broad SMARTS) is 1. The number of aromatic hydroxyl groups is 1. The van der Waals surface area contributed by atoms with Crippen LogP contribution in [-0.2, 0) is 20.5 Å². The molecular weight excluding hydrogens is 689 g/mol. The number of aromatic carboxylic acids is 1. The first-order valence-electron chi connectivity index (χ1n) is 16.8. The van der Waals surface area contributed by atoms with Crippen LogP contribution in [0.2, 0.25) is 10.0 Å². The predicted molar refractivity (Wildman–Crippen MR) is 201 cm³/mol. The molecule has 0 aliphatic carbocycles. The number of fused-ring (bicyclic) bond motifs is 4. The minimum atomic E-state index is -1.10. The molecule has 0 radical (unpaired) electrons. The molecule has 0 saturated carbocycles. The number of hydrogen-bond donors (Lipinski definition) is 2. The van der Waals surface area contributed by atoms with E-state index >= 15 is 0 Å². The summed E-state index contributed by atoms with van der Waals surface area (Å²) in [6, 6.07) is 12.1. The van der Waals surface area contributed by atoms with Crippen LogP contribution in [0.1, 0.15) is 68.4 Å². The number of carbonyl (C=O) groups is 2. The van der Waals surface area contributed by atoms with Crippen LogP contribution in [-0.4, -0.2) is 54.2 Å². The van der Waals surface area contributed by atoms with Gasteiger partial charge in [-0.2, -0.15) is 5.10 Å². The zero-order valence-corrected chi connectivity index (χ0v) is 31.1. The van der Waals surface area contributed by atoms with Crippen molar-refractivity contribution in [3.8, 4) is 22.6 Å². The number of rotatable bonds is 8. The summed E-state index contributed by atoms with van der Waals surface area (Å²) in [5, 5.41) is 28.1. The third kappa shape index (κ3) is 5.52. The van der Waals surface area contributed by atoms with Crippen LogP contribution in [0, 0.1) is 27.7 Å². The van der Waals surface area contributed by atoms with E-state index in [0.717, 1.165) is 60.9 Å². The van der Waals surface area contributed by atoms with Crippen molar-refractivity contribution in [3.05, 3.63) is 92.0 Å². The Hall–Kier alpha value is -4.93. The molecule has 4 heterocycles. The fourth-order valence-corrected chi connectivity index (χ4v) is 8.12. The number of nitrogens with zero attached hydrogens (tertiary/aromatic N) is 5. The van der Waals surface area contributed by atoms with Crippen molar-refractivity contribution in [2.75, 3.05) is 18.1 Å². The number of phenols is 1. The molecule has 7 rings (SSSR count). The summed E-state index contributed by atoms with van der Waals surface area (Å²) in [6.45, 7) is 10.6. The van der Waals surface area contributed by atoms with Crippen molar-refractivity contribution in [2.24, 2.45) is 14.1 Å². The molecule has 1 amide bonds. The van der Waals surface area contributed by atoms with Crippen molar-refractivity contribution >= 4 is 62.6 Å². The first-order valence-corrected chi connectivity index (χ1v) is 17.6. The molecule has 3 aromatic heterocycles. The van der Waals surface area contributed by atoms with Gasteiger partial charge in [-0.05, 0) is 88.4 Å².